The Morgan fingerprint density at radius 1 is 1.23 bits per heavy atom. The van der Waals surface area contributed by atoms with E-state index in [2.05, 4.69) is 39.8 Å². The minimum atomic E-state index is -0.199. The monoisotopic (exact) mass is 304 g/mol. The normalized spacial score (nSPS) is 25.5. The van der Waals surface area contributed by atoms with E-state index >= 15 is 0 Å². The van der Waals surface area contributed by atoms with Crippen LogP contribution in [0.5, 0.6) is 0 Å². The fourth-order valence-electron chi connectivity index (χ4n) is 3.70. The van der Waals surface area contributed by atoms with Crippen molar-refractivity contribution in [2.75, 3.05) is 19.8 Å². The second kappa shape index (κ2) is 6.41. The molecule has 0 saturated heterocycles. The van der Waals surface area contributed by atoms with Crippen LogP contribution in [-0.2, 0) is 14.3 Å². The maximum atomic E-state index is 11.3. The highest BCUT2D eigenvalue weighted by molar-refractivity contribution is 5.66. The number of carbonyl (C=O) groups is 1. The zero-order valence-electron chi connectivity index (χ0n) is 14.4. The molecule has 0 aromatic carbocycles. The Bertz CT molecular complexity index is 521. The Kier molecular flexibility index (Phi) is 4.96. The van der Waals surface area contributed by atoms with Crippen LogP contribution in [0.4, 0.5) is 0 Å². The molecule has 0 spiro atoms. The largest absolute Gasteiger partial charge is 0.491 e. The average molecular weight is 304 g/mol. The number of carbonyl (C=O) groups excluding carboxylic acids is 1. The van der Waals surface area contributed by atoms with Crippen molar-refractivity contribution in [3.8, 4) is 0 Å². The van der Waals surface area contributed by atoms with E-state index in [1.165, 1.54) is 5.57 Å². The molecule has 0 fully saturated rings. The summed E-state index contributed by atoms with van der Waals surface area (Å²) in [5, 5.41) is 0. The van der Waals surface area contributed by atoms with Gasteiger partial charge in [-0.3, -0.25) is 0 Å². The molecular weight excluding hydrogens is 276 g/mol. The standard InChI is InChI=1S/C19H28O3/c1-6-21-7-8-22-17-10-14(12-20)9-16-15(17)11-18(2,3)13-19(16,4)5/h9-12,14H,6-8,13H2,1-5H3. The first-order valence-corrected chi connectivity index (χ1v) is 8.12. The molecule has 0 radical (unpaired) electrons. The van der Waals surface area contributed by atoms with Crippen LogP contribution in [0.1, 0.15) is 41.0 Å². The van der Waals surface area contributed by atoms with Crippen molar-refractivity contribution in [3.63, 3.8) is 0 Å². The zero-order chi connectivity index (χ0) is 16.4. The third-order valence-corrected chi connectivity index (χ3v) is 4.27. The second-order valence-corrected chi connectivity index (χ2v) is 7.48. The molecule has 1 atom stereocenters. The maximum Gasteiger partial charge on any atom is 0.130 e. The van der Waals surface area contributed by atoms with Crippen molar-refractivity contribution in [2.45, 2.75) is 41.0 Å². The molecule has 0 N–H and O–H groups in total. The number of hydrogen-bond donors (Lipinski definition) is 0. The van der Waals surface area contributed by atoms with Gasteiger partial charge in [0.2, 0.25) is 0 Å². The highest BCUT2D eigenvalue weighted by Crippen LogP contribution is 2.51. The lowest BCUT2D eigenvalue weighted by molar-refractivity contribution is -0.109. The molecule has 0 aliphatic heterocycles. The number of ether oxygens (including phenoxy) is 2. The van der Waals surface area contributed by atoms with E-state index in [1.54, 1.807) is 0 Å². The van der Waals surface area contributed by atoms with Gasteiger partial charge < -0.3 is 14.3 Å². The summed E-state index contributed by atoms with van der Waals surface area (Å²) in [6.07, 6.45) is 8.34. The number of fused-ring (bicyclic) bond motifs is 1. The van der Waals surface area contributed by atoms with Gasteiger partial charge in [-0.25, -0.2) is 0 Å². The first-order chi connectivity index (χ1) is 10.3. The first-order valence-electron chi connectivity index (χ1n) is 8.12. The van der Waals surface area contributed by atoms with Crippen LogP contribution in [0.15, 0.2) is 35.1 Å². The molecule has 2 aliphatic rings. The third kappa shape index (κ3) is 3.70. The van der Waals surface area contributed by atoms with Gasteiger partial charge in [0.1, 0.15) is 18.7 Å². The molecule has 1 unspecified atom stereocenters. The summed E-state index contributed by atoms with van der Waals surface area (Å²) < 4.78 is 11.3. The van der Waals surface area contributed by atoms with Gasteiger partial charge in [0.25, 0.3) is 0 Å². The van der Waals surface area contributed by atoms with Crippen LogP contribution in [0, 0.1) is 16.7 Å². The third-order valence-electron chi connectivity index (χ3n) is 4.27. The van der Waals surface area contributed by atoms with Crippen LogP contribution in [0.25, 0.3) is 0 Å². The van der Waals surface area contributed by atoms with Crippen molar-refractivity contribution in [1.29, 1.82) is 0 Å². The quantitative estimate of drug-likeness (QED) is 0.548. The zero-order valence-corrected chi connectivity index (χ0v) is 14.4. The molecular formula is C19H28O3. The Balaban J connectivity index is 2.30. The molecule has 0 amide bonds. The van der Waals surface area contributed by atoms with Gasteiger partial charge in [-0.15, -0.1) is 0 Å². The van der Waals surface area contributed by atoms with E-state index in [0.717, 1.165) is 24.0 Å². The second-order valence-electron chi connectivity index (χ2n) is 7.48. The number of rotatable bonds is 6. The van der Waals surface area contributed by atoms with Gasteiger partial charge >= 0.3 is 0 Å². The van der Waals surface area contributed by atoms with E-state index in [1.807, 2.05) is 13.0 Å². The maximum absolute atomic E-state index is 11.3. The SMILES string of the molecule is CCOCCOC1=CC(C=O)C=C2C1=CC(C)(C)CC2(C)C. The molecule has 22 heavy (non-hydrogen) atoms. The molecule has 0 heterocycles. The lowest BCUT2D eigenvalue weighted by Gasteiger charge is -2.43. The molecule has 0 aromatic rings. The molecule has 0 aromatic heterocycles. The lowest BCUT2D eigenvalue weighted by atomic mass is 9.62. The van der Waals surface area contributed by atoms with Gasteiger partial charge in [-0.05, 0) is 35.8 Å². The fourth-order valence-corrected chi connectivity index (χ4v) is 3.70. The van der Waals surface area contributed by atoms with E-state index in [0.29, 0.717) is 19.8 Å². The highest BCUT2D eigenvalue weighted by atomic mass is 16.5. The molecule has 2 aliphatic carbocycles. The minimum Gasteiger partial charge on any atom is -0.491 e. The lowest BCUT2D eigenvalue weighted by Crippen LogP contribution is -2.32. The van der Waals surface area contributed by atoms with Gasteiger partial charge in [0, 0.05) is 12.2 Å². The van der Waals surface area contributed by atoms with Gasteiger partial charge in [-0.1, -0.05) is 39.8 Å². The van der Waals surface area contributed by atoms with E-state index in [4.69, 9.17) is 9.47 Å². The van der Waals surface area contributed by atoms with Crippen molar-refractivity contribution in [2.24, 2.45) is 16.7 Å². The summed E-state index contributed by atoms with van der Waals surface area (Å²) >= 11 is 0. The van der Waals surface area contributed by atoms with Crippen LogP contribution in [-0.4, -0.2) is 26.1 Å². The summed E-state index contributed by atoms with van der Waals surface area (Å²) in [6, 6.07) is 0. The van der Waals surface area contributed by atoms with Crippen LogP contribution >= 0.6 is 0 Å². The summed E-state index contributed by atoms with van der Waals surface area (Å²) in [5.74, 6) is 0.630. The minimum absolute atomic E-state index is 0.0393. The Morgan fingerprint density at radius 2 is 1.95 bits per heavy atom. The van der Waals surface area contributed by atoms with E-state index in [-0.39, 0.29) is 16.7 Å². The van der Waals surface area contributed by atoms with Gasteiger partial charge in [0.15, 0.2) is 0 Å². The van der Waals surface area contributed by atoms with Gasteiger partial charge in [0.05, 0.1) is 12.5 Å². The number of allylic oxidation sites excluding steroid dienone is 4. The fraction of sp³-hybridized carbons (Fsp3) is 0.632. The highest BCUT2D eigenvalue weighted by Gasteiger charge is 2.40. The average Bonchev–Trinajstić information content (AvgIpc) is 2.42. The van der Waals surface area contributed by atoms with Crippen LogP contribution < -0.4 is 0 Å². The van der Waals surface area contributed by atoms with Crippen molar-refractivity contribution < 1.29 is 14.3 Å². The molecule has 2 rings (SSSR count). The summed E-state index contributed by atoms with van der Waals surface area (Å²) in [4.78, 5) is 11.3. The van der Waals surface area contributed by atoms with E-state index < -0.39 is 0 Å². The summed E-state index contributed by atoms with van der Waals surface area (Å²) in [6.45, 7) is 12.7. The molecule has 3 heteroatoms. The summed E-state index contributed by atoms with van der Waals surface area (Å²) in [5.41, 5.74) is 2.54. The summed E-state index contributed by atoms with van der Waals surface area (Å²) in [7, 11) is 0. The van der Waals surface area contributed by atoms with Crippen molar-refractivity contribution in [3.05, 3.63) is 35.1 Å². The smallest absolute Gasteiger partial charge is 0.130 e. The number of hydrogen-bond acceptors (Lipinski definition) is 3. The first kappa shape index (κ1) is 17.0. The molecule has 122 valence electrons. The van der Waals surface area contributed by atoms with Crippen molar-refractivity contribution >= 4 is 6.29 Å². The Hall–Kier alpha value is -1.35. The predicted molar refractivity (Wildman–Crippen MR) is 88.4 cm³/mol. The topological polar surface area (TPSA) is 35.5 Å². The van der Waals surface area contributed by atoms with Crippen molar-refractivity contribution in [1.82, 2.24) is 0 Å². The van der Waals surface area contributed by atoms with Gasteiger partial charge in [-0.2, -0.15) is 0 Å². The molecule has 3 nitrogen and oxygen atoms in total. The van der Waals surface area contributed by atoms with Crippen LogP contribution in [0.3, 0.4) is 0 Å². The Labute approximate surface area is 134 Å². The number of aldehydes is 1. The van der Waals surface area contributed by atoms with E-state index in [9.17, 15) is 4.79 Å². The predicted octanol–water partition coefficient (Wildman–Crippen LogP) is 4.06. The molecule has 0 bridgehead atoms. The van der Waals surface area contributed by atoms with Crippen LogP contribution in [0.2, 0.25) is 0 Å². The molecule has 0 saturated carbocycles. The Morgan fingerprint density at radius 3 is 2.59 bits per heavy atom.